The van der Waals surface area contributed by atoms with Gasteiger partial charge in [-0.15, -0.1) is 0 Å². The van der Waals surface area contributed by atoms with E-state index in [2.05, 4.69) is 27.5 Å². The molecule has 0 aromatic heterocycles. The molecule has 18 heavy (non-hydrogen) atoms. The molecular weight excluding hydrogens is 228 g/mol. The highest BCUT2D eigenvalue weighted by Crippen LogP contribution is 2.18. The standard InChI is InChI=1S/C13H16N4O/c1-2-3-9-14-13(18)17-12-15-10-7-5-4-6-8-11(10)16-12/h4-8H,2-3,9H2,1H3,(H2,14,15,16,17,18). The number of nitrogens with one attached hydrogen (secondary N) is 2. The number of hydrogen-bond acceptors (Lipinski definition) is 3. The number of imidazole rings is 1. The Hall–Kier alpha value is -2.17. The molecule has 0 bridgehead atoms. The lowest BCUT2D eigenvalue weighted by molar-refractivity contribution is 0.252. The SMILES string of the molecule is CCCCNC(=O)Nc1nc2cccccc-2n1. The van der Waals surface area contributed by atoms with E-state index in [0.717, 1.165) is 24.2 Å². The number of carbonyl (C=O) groups excluding carboxylic acids is 1. The van der Waals surface area contributed by atoms with E-state index in [4.69, 9.17) is 0 Å². The first kappa shape index (κ1) is 12.3. The minimum absolute atomic E-state index is 0.261. The van der Waals surface area contributed by atoms with Crippen LogP contribution < -0.4 is 10.6 Å². The van der Waals surface area contributed by atoms with Gasteiger partial charge >= 0.3 is 6.03 Å². The minimum atomic E-state index is -0.261. The number of hydrogen-bond donors (Lipinski definition) is 2. The minimum Gasteiger partial charge on any atom is -0.338 e. The maximum atomic E-state index is 11.5. The van der Waals surface area contributed by atoms with Crippen LogP contribution in [0, 0.1) is 0 Å². The second-order valence-corrected chi connectivity index (χ2v) is 3.96. The Kier molecular flexibility index (Phi) is 4.06. The van der Waals surface area contributed by atoms with Crippen molar-refractivity contribution >= 4 is 12.0 Å². The fourth-order valence-electron chi connectivity index (χ4n) is 1.55. The molecule has 0 unspecified atom stereocenters. The number of urea groups is 1. The summed E-state index contributed by atoms with van der Waals surface area (Å²) in [6, 6.07) is 9.16. The molecule has 5 heteroatoms. The lowest BCUT2D eigenvalue weighted by Gasteiger charge is -2.02. The van der Waals surface area contributed by atoms with E-state index in [1.165, 1.54) is 0 Å². The molecule has 1 heterocycles. The second kappa shape index (κ2) is 5.95. The van der Waals surface area contributed by atoms with Crippen molar-refractivity contribution in [3.8, 4) is 11.4 Å². The molecule has 1 aliphatic heterocycles. The van der Waals surface area contributed by atoms with Crippen molar-refractivity contribution in [1.82, 2.24) is 15.3 Å². The number of unbranched alkanes of at least 4 members (excludes halogenated alkanes) is 1. The molecule has 0 spiro atoms. The predicted molar refractivity (Wildman–Crippen MR) is 70.6 cm³/mol. The molecule has 2 aliphatic rings. The molecule has 2 amide bonds. The van der Waals surface area contributed by atoms with Gasteiger partial charge in [0.2, 0.25) is 5.95 Å². The average molecular weight is 244 g/mol. The monoisotopic (exact) mass is 244 g/mol. The number of nitrogens with zero attached hydrogens (tertiary/aromatic N) is 2. The molecule has 0 atom stereocenters. The van der Waals surface area contributed by atoms with E-state index in [9.17, 15) is 4.79 Å². The Morgan fingerprint density at radius 2 is 1.83 bits per heavy atom. The number of amides is 2. The summed E-state index contributed by atoms with van der Waals surface area (Å²) in [5.41, 5.74) is 1.53. The van der Waals surface area contributed by atoms with Crippen LogP contribution in [0.15, 0.2) is 30.3 Å². The van der Waals surface area contributed by atoms with E-state index in [1.54, 1.807) is 0 Å². The molecule has 0 aromatic carbocycles. The normalized spacial score (nSPS) is 10.3. The molecule has 94 valence electrons. The first-order valence-corrected chi connectivity index (χ1v) is 6.07. The summed E-state index contributed by atoms with van der Waals surface area (Å²) < 4.78 is 0. The van der Waals surface area contributed by atoms with Crippen molar-refractivity contribution in [2.45, 2.75) is 19.8 Å². The fraction of sp³-hybridized carbons (Fsp3) is 0.308. The third kappa shape index (κ3) is 3.16. The lowest BCUT2D eigenvalue weighted by atomic mass is 10.3. The smallest absolute Gasteiger partial charge is 0.321 e. The Bertz CT molecular complexity index is 470. The van der Waals surface area contributed by atoms with Crippen LogP contribution in [0.1, 0.15) is 19.8 Å². The summed E-state index contributed by atoms with van der Waals surface area (Å²) in [6.45, 7) is 2.74. The topological polar surface area (TPSA) is 66.9 Å². The molecule has 0 fully saturated rings. The van der Waals surface area contributed by atoms with Gasteiger partial charge in [-0.05, 0) is 18.6 Å². The van der Waals surface area contributed by atoms with E-state index in [-0.39, 0.29) is 6.03 Å². The Morgan fingerprint density at radius 1 is 1.17 bits per heavy atom. The van der Waals surface area contributed by atoms with Gasteiger partial charge in [0, 0.05) is 6.54 Å². The maximum absolute atomic E-state index is 11.5. The molecular formula is C13H16N4O. The molecule has 2 N–H and O–H groups in total. The zero-order chi connectivity index (χ0) is 12.8. The van der Waals surface area contributed by atoms with Gasteiger partial charge in [-0.25, -0.2) is 14.8 Å². The lowest BCUT2D eigenvalue weighted by Crippen LogP contribution is -2.29. The molecule has 2 rings (SSSR count). The van der Waals surface area contributed by atoms with E-state index < -0.39 is 0 Å². The van der Waals surface area contributed by atoms with Crippen molar-refractivity contribution in [2.75, 3.05) is 11.9 Å². The van der Waals surface area contributed by atoms with Gasteiger partial charge in [0.25, 0.3) is 0 Å². The maximum Gasteiger partial charge on any atom is 0.321 e. The summed E-state index contributed by atoms with van der Waals surface area (Å²) in [5, 5.41) is 5.38. The van der Waals surface area contributed by atoms with Crippen LogP contribution >= 0.6 is 0 Å². The summed E-state index contributed by atoms with van der Waals surface area (Å²) in [6.07, 6.45) is 2.01. The van der Waals surface area contributed by atoms with Crippen LogP contribution in [-0.4, -0.2) is 22.5 Å². The largest absolute Gasteiger partial charge is 0.338 e. The molecule has 5 nitrogen and oxygen atoms in total. The van der Waals surface area contributed by atoms with Gasteiger partial charge in [-0.2, -0.15) is 0 Å². The van der Waals surface area contributed by atoms with Gasteiger partial charge in [-0.1, -0.05) is 31.5 Å². The quantitative estimate of drug-likeness (QED) is 0.812. The third-order valence-electron chi connectivity index (χ3n) is 2.49. The Labute approximate surface area is 106 Å². The number of carbonyl (C=O) groups is 1. The van der Waals surface area contributed by atoms with Gasteiger partial charge in [-0.3, -0.25) is 5.32 Å². The summed E-state index contributed by atoms with van der Waals surface area (Å²) in [7, 11) is 0. The van der Waals surface area contributed by atoms with Gasteiger partial charge in [0.05, 0.1) is 11.4 Å². The number of aromatic nitrogens is 2. The van der Waals surface area contributed by atoms with Crippen LogP contribution in [0.3, 0.4) is 0 Å². The number of anilines is 1. The Morgan fingerprint density at radius 3 is 2.44 bits per heavy atom. The van der Waals surface area contributed by atoms with E-state index in [0.29, 0.717) is 12.5 Å². The van der Waals surface area contributed by atoms with Crippen molar-refractivity contribution in [1.29, 1.82) is 0 Å². The highest BCUT2D eigenvalue weighted by molar-refractivity contribution is 5.88. The van der Waals surface area contributed by atoms with Crippen molar-refractivity contribution in [3.05, 3.63) is 30.3 Å². The van der Waals surface area contributed by atoms with Crippen LogP contribution in [0.4, 0.5) is 10.7 Å². The number of fused-ring (bicyclic) bond motifs is 1. The number of rotatable bonds is 4. The van der Waals surface area contributed by atoms with E-state index in [1.807, 2.05) is 30.3 Å². The molecule has 0 radical (unpaired) electrons. The molecule has 0 saturated carbocycles. The fourth-order valence-corrected chi connectivity index (χ4v) is 1.55. The first-order valence-electron chi connectivity index (χ1n) is 6.07. The first-order chi connectivity index (χ1) is 8.79. The van der Waals surface area contributed by atoms with Crippen molar-refractivity contribution in [3.63, 3.8) is 0 Å². The van der Waals surface area contributed by atoms with Crippen molar-refractivity contribution < 1.29 is 4.79 Å². The zero-order valence-electron chi connectivity index (χ0n) is 10.3. The highest BCUT2D eigenvalue weighted by atomic mass is 16.2. The zero-order valence-corrected chi connectivity index (χ0v) is 10.3. The van der Waals surface area contributed by atoms with Crippen molar-refractivity contribution in [2.24, 2.45) is 0 Å². The molecule has 1 aliphatic carbocycles. The van der Waals surface area contributed by atoms with Gasteiger partial charge < -0.3 is 5.32 Å². The van der Waals surface area contributed by atoms with Crippen LogP contribution in [0.25, 0.3) is 11.4 Å². The van der Waals surface area contributed by atoms with Crippen LogP contribution in [0.2, 0.25) is 0 Å². The predicted octanol–water partition coefficient (Wildman–Crippen LogP) is 2.50. The van der Waals surface area contributed by atoms with E-state index >= 15 is 0 Å². The van der Waals surface area contributed by atoms with Crippen LogP contribution in [0.5, 0.6) is 0 Å². The van der Waals surface area contributed by atoms with Gasteiger partial charge in [0.1, 0.15) is 0 Å². The van der Waals surface area contributed by atoms with Crippen LogP contribution in [-0.2, 0) is 0 Å². The Balaban J connectivity index is 2.00. The third-order valence-corrected chi connectivity index (χ3v) is 2.49. The summed E-state index contributed by atoms with van der Waals surface area (Å²) in [5.74, 6) is 0.338. The molecule has 0 aromatic rings. The highest BCUT2D eigenvalue weighted by Gasteiger charge is 2.10. The average Bonchev–Trinajstić information content (AvgIpc) is 2.59. The molecule has 0 saturated heterocycles. The summed E-state index contributed by atoms with van der Waals surface area (Å²) >= 11 is 0. The summed E-state index contributed by atoms with van der Waals surface area (Å²) in [4.78, 5) is 20.0. The second-order valence-electron chi connectivity index (χ2n) is 3.96. The van der Waals surface area contributed by atoms with Gasteiger partial charge in [0.15, 0.2) is 0 Å².